The molecule has 0 amide bonds. The van der Waals surface area contributed by atoms with E-state index in [2.05, 4.69) is 41.4 Å². The molecule has 0 aliphatic carbocycles. The summed E-state index contributed by atoms with van der Waals surface area (Å²) < 4.78 is 0. The molecule has 1 aromatic carbocycles. The van der Waals surface area contributed by atoms with Gasteiger partial charge in [-0.1, -0.05) is 31.9 Å². The largest absolute Gasteiger partial charge is 0.369 e. The fraction of sp³-hybridized carbons (Fsp3) is 0.652. The van der Waals surface area contributed by atoms with Crippen LogP contribution in [0.1, 0.15) is 71.3 Å². The van der Waals surface area contributed by atoms with Crippen molar-refractivity contribution >= 4 is 17.3 Å². The van der Waals surface area contributed by atoms with Gasteiger partial charge in [-0.25, -0.2) is 0 Å². The van der Waals surface area contributed by atoms with E-state index in [1.165, 1.54) is 31.5 Å². The van der Waals surface area contributed by atoms with Gasteiger partial charge in [0.15, 0.2) is 0 Å². The zero-order valence-corrected chi connectivity index (χ0v) is 17.6. The number of piperazine rings is 1. The Labute approximate surface area is 165 Å². The summed E-state index contributed by atoms with van der Waals surface area (Å²) in [4.78, 5) is 23.5. The van der Waals surface area contributed by atoms with Crippen molar-refractivity contribution in [1.82, 2.24) is 5.32 Å². The minimum absolute atomic E-state index is 0.167. The lowest BCUT2D eigenvalue weighted by Gasteiger charge is -2.29. The number of rotatable bonds is 10. The molecule has 0 radical (unpaired) electrons. The fourth-order valence-corrected chi connectivity index (χ4v) is 3.12. The Morgan fingerprint density at radius 3 is 2.11 bits per heavy atom. The van der Waals surface area contributed by atoms with Crippen LogP contribution in [0.2, 0.25) is 0 Å². The molecule has 1 N–H and O–H groups in total. The van der Waals surface area contributed by atoms with Crippen LogP contribution in [0, 0.1) is 0 Å². The highest BCUT2D eigenvalue weighted by Crippen LogP contribution is 2.17. The second-order valence-electron chi connectivity index (χ2n) is 7.51. The molecule has 1 saturated heterocycles. The van der Waals surface area contributed by atoms with Gasteiger partial charge in [-0.2, -0.15) is 0 Å². The van der Waals surface area contributed by atoms with Crippen LogP contribution in [0.5, 0.6) is 0 Å². The second-order valence-corrected chi connectivity index (χ2v) is 7.51. The number of unbranched alkanes of at least 4 members (excludes halogenated alkanes) is 3. The molecule has 1 aromatic rings. The van der Waals surface area contributed by atoms with E-state index in [-0.39, 0.29) is 5.78 Å². The van der Waals surface area contributed by atoms with Crippen molar-refractivity contribution in [3.8, 4) is 0 Å². The van der Waals surface area contributed by atoms with Crippen molar-refractivity contribution in [2.75, 3.05) is 31.1 Å². The minimum atomic E-state index is 0.167. The van der Waals surface area contributed by atoms with E-state index in [0.717, 1.165) is 71.1 Å². The number of hydrogen-bond donors (Lipinski definition) is 1. The van der Waals surface area contributed by atoms with Gasteiger partial charge in [0, 0.05) is 44.7 Å². The maximum Gasteiger partial charge on any atom is 0.132 e. The Morgan fingerprint density at radius 2 is 1.52 bits per heavy atom. The molecule has 0 spiro atoms. The number of anilines is 1. The van der Waals surface area contributed by atoms with E-state index in [1.807, 2.05) is 0 Å². The van der Waals surface area contributed by atoms with E-state index < -0.39 is 0 Å². The molecular weight excluding hydrogens is 336 g/mol. The third-order valence-electron chi connectivity index (χ3n) is 4.65. The van der Waals surface area contributed by atoms with Crippen LogP contribution >= 0.6 is 0 Å². The molecule has 152 valence electrons. The van der Waals surface area contributed by atoms with Crippen molar-refractivity contribution in [3.05, 3.63) is 29.8 Å². The zero-order valence-electron chi connectivity index (χ0n) is 17.6. The highest BCUT2D eigenvalue weighted by atomic mass is 16.1. The molecule has 0 aromatic heterocycles. The van der Waals surface area contributed by atoms with E-state index >= 15 is 0 Å². The van der Waals surface area contributed by atoms with Gasteiger partial charge in [-0.15, -0.1) is 0 Å². The van der Waals surface area contributed by atoms with Gasteiger partial charge in [0.1, 0.15) is 11.6 Å². The molecule has 0 saturated carbocycles. The second kappa shape index (κ2) is 14.4. The number of ketones is 2. The molecule has 4 heteroatoms. The van der Waals surface area contributed by atoms with Gasteiger partial charge in [0.05, 0.1) is 0 Å². The SMILES string of the molecule is CC(C)=O.CCCCC(=O)CCCCCc1ccc(N2CCNCC2)cc1. The zero-order chi connectivity index (χ0) is 19.9. The molecule has 2 rings (SSSR count). The van der Waals surface area contributed by atoms with Gasteiger partial charge in [0.25, 0.3) is 0 Å². The average molecular weight is 375 g/mol. The molecule has 4 nitrogen and oxygen atoms in total. The van der Waals surface area contributed by atoms with Crippen molar-refractivity contribution in [2.45, 2.75) is 72.1 Å². The molecule has 1 aliphatic rings. The number of hydrogen-bond acceptors (Lipinski definition) is 4. The normalized spacial score (nSPS) is 13.7. The van der Waals surface area contributed by atoms with Crippen LogP contribution in [0.3, 0.4) is 0 Å². The highest BCUT2D eigenvalue weighted by molar-refractivity contribution is 5.78. The minimum Gasteiger partial charge on any atom is -0.369 e. The summed E-state index contributed by atoms with van der Waals surface area (Å²) in [5, 5.41) is 3.39. The van der Waals surface area contributed by atoms with Gasteiger partial charge >= 0.3 is 0 Å². The van der Waals surface area contributed by atoms with Crippen LogP contribution in [-0.2, 0) is 16.0 Å². The van der Waals surface area contributed by atoms with Crippen molar-refractivity contribution < 1.29 is 9.59 Å². The Bertz CT molecular complexity index is 530. The first kappa shape index (κ1) is 23.4. The maximum atomic E-state index is 11.6. The van der Waals surface area contributed by atoms with Crippen LogP contribution in [0.15, 0.2) is 24.3 Å². The summed E-state index contributed by atoms with van der Waals surface area (Å²) in [7, 11) is 0. The van der Waals surface area contributed by atoms with Crippen molar-refractivity contribution in [3.63, 3.8) is 0 Å². The monoisotopic (exact) mass is 374 g/mol. The first-order valence-corrected chi connectivity index (χ1v) is 10.6. The molecule has 27 heavy (non-hydrogen) atoms. The number of nitrogens with zero attached hydrogens (tertiary/aromatic N) is 1. The Hall–Kier alpha value is -1.68. The summed E-state index contributed by atoms with van der Waals surface area (Å²) in [6.45, 7) is 9.56. The molecule has 1 fully saturated rings. The molecule has 0 unspecified atom stereocenters. The number of aryl methyl sites for hydroxylation is 1. The third-order valence-corrected chi connectivity index (χ3v) is 4.65. The number of nitrogens with one attached hydrogen (secondary N) is 1. The standard InChI is InChI=1S/C20H32N2O.C3H6O/c1-2-3-8-20(23)9-6-4-5-7-18-10-12-19(13-11-18)22-16-14-21-15-17-22;1-3(2)4/h10-13,21H,2-9,14-17H2,1H3;1-2H3. The summed E-state index contributed by atoms with van der Waals surface area (Å²) >= 11 is 0. The Morgan fingerprint density at radius 1 is 0.926 bits per heavy atom. The summed E-state index contributed by atoms with van der Waals surface area (Å²) in [6.07, 6.45) is 8.28. The maximum absolute atomic E-state index is 11.6. The van der Waals surface area contributed by atoms with Crippen LogP contribution < -0.4 is 10.2 Å². The van der Waals surface area contributed by atoms with E-state index in [9.17, 15) is 9.59 Å². The predicted octanol–water partition coefficient (Wildman–Crippen LogP) is 4.55. The first-order chi connectivity index (χ1) is 13.0. The van der Waals surface area contributed by atoms with Crippen LogP contribution in [-0.4, -0.2) is 37.7 Å². The molecule has 0 atom stereocenters. The predicted molar refractivity (Wildman–Crippen MR) is 115 cm³/mol. The van der Waals surface area contributed by atoms with Crippen molar-refractivity contribution in [1.29, 1.82) is 0 Å². The smallest absolute Gasteiger partial charge is 0.132 e. The molecule has 0 bridgehead atoms. The quantitative estimate of drug-likeness (QED) is 0.610. The average Bonchev–Trinajstić information content (AvgIpc) is 2.67. The van der Waals surface area contributed by atoms with Crippen molar-refractivity contribution in [2.24, 2.45) is 0 Å². The third kappa shape index (κ3) is 11.6. The number of carbonyl (C=O) groups excluding carboxylic acids is 2. The fourth-order valence-electron chi connectivity index (χ4n) is 3.12. The van der Waals surface area contributed by atoms with Gasteiger partial charge < -0.3 is 15.0 Å². The van der Waals surface area contributed by atoms with Gasteiger partial charge in [0.2, 0.25) is 0 Å². The lowest BCUT2D eigenvalue weighted by molar-refractivity contribution is -0.119. The van der Waals surface area contributed by atoms with E-state index in [1.54, 1.807) is 0 Å². The highest BCUT2D eigenvalue weighted by Gasteiger charge is 2.09. The van der Waals surface area contributed by atoms with Crippen LogP contribution in [0.25, 0.3) is 0 Å². The Kier molecular flexibility index (Phi) is 12.4. The molecule has 1 heterocycles. The first-order valence-electron chi connectivity index (χ1n) is 10.6. The number of carbonyl (C=O) groups is 2. The van der Waals surface area contributed by atoms with E-state index in [4.69, 9.17) is 0 Å². The Balaban J connectivity index is 0.000000828. The summed E-state index contributed by atoms with van der Waals surface area (Å²) in [5.74, 6) is 0.618. The topological polar surface area (TPSA) is 49.4 Å². The van der Waals surface area contributed by atoms with Gasteiger partial charge in [-0.05, 0) is 57.2 Å². The molecular formula is C23H38N2O2. The lowest BCUT2D eigenvalue weighted by Crippen LogP contribution is -2.43. The van der Waals surface area contributed by atoms with Crippen LogP contribution in [0.4, 0.5) is 5.69 Å². The summed E-state index contributed by atoms with van der Waals surface area (Å²) in [6, 6.07) is 9.05. The summed E-state index contributed by atoms with van der Waals surface area (Å²) in [5.41, 5.74) is 2.76. The molecule has 1 aliphatic heterocycles. The van der Waals surface area contributed by atoms with E-state index in [0.29, 0.717) is 5.78 Å². The number of Topliss-reactive ketones (excluding diaryl/α,β-unsaturated/α-hetero) is 2. The van der Waals surface area contributed by atoms with Gasteiger partial charge in [-0.3, -0.25) is 4.79 Å². The number of benzene rings is 1. The lowest BCUT2D eigenvalue weighted by atomic mass is 10.0.